The van der Waals surface area contributed by atoms with Crippen LogP contribution >= 0.6 is 0 Å². The van der Waals surface area contributed by atoms with Crippen molar-refractivity contribution >= 4 is 5.91 Å². The third-order valence-corrected chi connectivity index (χ3v) is 4.72. The Balaban J connectivity index is 1.61. The van der Waals surface area contributed by atoms with Crippen LogP contribution in [0.25, 0.3) is 0 Å². The van der Waals surface area contributed by atoms with Gasteiger partial charge >= 0.3 is 0 Å². The number of hydrogen-bond donors (Lipinski definition) is 1. The van der Waals surface area contributed by atoms with Crippen molar-refractivity contribution in [1.82, 2.24) is 15.1 Å². The van der Waals surface area contributed by atoms with Gasteiger partial charge in [0.2, 0.25) is 0 Å². The van der Waals surface area contributed by atoms with Crippen LogP contribution in [-0.2, 0) is 17.9 Å². The molecule has 152 valence electrons. The molecule has 1 unspecified atom stereocenters. The van der Waals surface area contributed by atoms with Gasteiger partial charge in [-0.25, -0.2) is 8.78 Å². The third kappa shape index (κ3) is 4.99. The molecule has 0 spiro atoms. The average molecular weight is 399 g/mol. The van der Waals surface area contributed by atoms with E-state index in [1.54, 1.807) is 6.92 Å². The molecule has 1 amide bonds. The lowest BCUT2D eigenvalue weighted by atomic mass is 10.2. The Morgan fingerprint density at radius 2 is 1.86 bits per heavy atom. The van der Waals surface area contributed by atoms with E-state index in [1.807, 2.05) is 48.9 Å². The first-order valence-corrected chi connectivity index (χ1v) is 9.31. The summed E-state index contributed by atoms with van der Waals surface area (Å²) in [7, 11) is 0. The van der Waals surface area contributed by atoms with E-state index in [0.717, 1.165) is 34.6 Å². The van der Waals surface area contributed by atoms with Crippen LogP contribution in [0.2, 0.25) is 0 Å². The highest BCUT2D eigenvalue weighted by molar-refractivity contribution is 5.80. The molecular formula is C22H23F2N3O2. The maximum Gasteiger partial charge on any atom is 0.261 e. The second-order valence-electron chi connectivity index (χ2n) is 6.85. The number of rotatable bonds is 7. The lowest BCUT2D eigenvalue weighted by molar-refractivity contribution is -0.127. The minimum absolute atomic E-state index is 0.0922. The van der Waals surface area contributed by atoms with E-state index in [9.17, 15) is 13.6 Å². The third-order valence-electron chi connectivity index (χ3n) is 4.72. The maximum atomic E-state index is 13.3. The van der Waals surface area contributed by atoms with E-state index in [-0.39, 0.29) is 11.7 Å². The van der Waals surface area contributed by atoms with Gasteiger partial charge in [-0.05, 0) is 38.5 Å². The van der Waals surface area contributed by atoms with E-state index in [4.69, 9.17) is 4.74 Å². The van der Waals surface area contributed by atoms with E-state index in [1.165, 1.54) is 6.07 Å². The first-order valence-electron chi connectivity index (χ1n) is 9.31. The van der Waals surface area contributed by atoms with Gasteiger partial charge in [-0.2, -0.15) is 5.10 Å². The van der Waals surface area contributed by atoms with Crippen molar-refractivity contribution in [1.29, 1.82) is 0 Å². The molecule has 2 aromatic carbocycles. The molecule has 29 heavy (non-hydrogen) atoms. The van der Waals surface area contributed by atoms with Crippen LogP contribution in [0, 0.1) is 25.5 Å². The SMILES string of the molecule is Cc1nn(Cc2ccccc2)c(C)c1CNC(=O)C(C)Oc1ccc(F)c(F)c1. The van der Waals surface area contributed by atoms with Gasteiger partial charge in [0.15, 0.2) is 17.7 Å². The Morgan fingerprint density at radius 3 is 2.55 bits per heavy atom. The van der Waals surface area contributed by atoms with Crippen molar-refractivity contribution in [3.63, 3.8) is 0 Å². The summed E-state index contributed by atoms with van der Waals surface area (Å²) in [6, 6.07) is 13.2. The van der Waals surface area contributed by atoms with Crippen LogP contribution in [0.15, 0.2) is 48.5 Å². The molecule has 0 aliphatic rings. The molecule has 1 aromatic heterocycles. The smallest absolute Gasteiger partial charge is 0.261 e. The van der Waals surface area contributed by atoms with E-state index < -0.39 is 17.7 Å². The summed E-state index contributed by atoms with van der Waals surface area (Å²) < 4.78 is 33.6. The van der Waals surface area contributed by atoms with Crippen molar-refractivity contribution in [3.05, 3.63) is 82.7 Å². The normalized spacial score (nSPS) is 11.9. The van der Waals surface area contributed by atoms with Crippen molar-refractivity contribution in [2.24, 2.45) is 0 Å². The number of ether oxygens (including phenoxy) is 1. The summed E-state index contributed by atoms with van der Waals surface area (Å²) >= 11 is 0. The topological polar surface area (TPSA) is 56.2 Å². The quantitative estimate of drug-likeness (QED) is 0.655. The Morgan fingerprint density at radius 1 is 1.14 bits per heavy atom. The lowest BCUT2D eigenvalue weighted by Crippen LogP contribution is -2.36. The molecule has 0 radical (unpaired) electrons. The van der Waals surface area contributed by atoms with Gasteiger partial charge in [0, 0.05) is 23.9 Å². The summed E-state index contributed by atoms with van der Waals surface area (Å²) in [4.78, 5) is 12.4. The first-order chi connectivity index (χ1) is 13.8. The molecule has 0 saturated heterocycles. The molecule has 3 aromatic rings. The maximum absolute atomic E-state index is 13.3. The molecule has 5 nitrogen and oxygen atoms in total. The number of benzene rings is 2. The fraction of sp³-hybridized carbons (Fsp3) is 0.273. The van der Waals surface area contributed by atoms with Crippen molar-refractivity contribution < 1.29 is 18.3 Å². The van der Waals surface area contributed by atoms with Crippen molar-refractivity contribution in [3.8, 4) is 5.75 Å². The number of halogens is 2. The molecule has 0 aliphatic heterocycles. The molecule has 1 N–H and O–H groups in total. The van der Waals surface area contributed by atoms with Gasteiger partial charge in [-0.15, -0.1) is 0 Å². The Labute approximate surface area is 168 Å². The Bertz CT molecular complexity index is 1000. The lowest BCUT2D eigenvalue weighted by Gasteiger charge is -2.15. The fourth-order valence-corrected chi connectivity index (χ4v) is 3.03. The van der Waals surface area contributed by atoms with Crippen LogP contribution in [0.3, 0.4) is 0 Å². The van der Waals surface area contributed by atoms with Crippen LogP contribution in [0.1, 0.15) is 29.4 Å². The highest BCUT2D eigenvalue weighted by Gasteiger charge is 2.18. The van der Waals surface area contributed by atoms with Crippen LogP contribution in [0.5, 0.6) is 5.75 Å². The number of amides is 1. The molecule has 7 heteroatoms. The minimum Gasteiger partial charge on any atom is -0.481 e. The molecule has 0 saturated carbocycles. The Hall–Kier alpha value is -3.22. The van der Waals surface area contributed by atoms with E-state index in [2.05, 4.69) is 10.4 Å². The highest BCUT2D eigenvalue weighted by atomic mass is 19.2. The monoisotopic (exact) mass is 399 g/mol. The second-order valence-corrected chi connectivity index (χ2v) is 6.85. The number of nitrogens with one attached hydrogen (secondary N) is 1. The summed E-state index contributed by atoms with van der Waals surface area (Å²) in [6.07, 6.45) is -0.861. The van der Waals surface area contributed by atoms with Gasteiger partial charge < -0.3 is 10.1 Å². The summed E-state index contributed by atoms with van der Waals surface area (Å²) in [5.41, 5.74) is 3.89. The van der Waals surface area contributed by atoms with Gasteiger partial charge in [-0.3, -0.25) is 9.48 Å². The standard InChI is InChI=1S/C22H23F2N3O2/c1-14-19(15(2)27(26-14)13-17-7-5-4-6-8-17)12-25-22(28)16(3)29-18-9-10-20(23)21(24)11-18/h4-11,16H,12-13H2,1-3H3,(H,25,28). The van der Waals surface area contributed by atoms with Gasteiger partial charge in [-0.1, -0.05) is 30.3 Å². The molecule has 3 rings (SSSR count). The average Bonchev–Trinajstić information content (AvgIpc) is 2.96. The number of carbonyl (C=O) groups excluding carboxylic acids is 1. The summed E-state index contributed by atoms with van der Waals surface area (Å²) in [5.74, 6) is -2.25. The molecule has 0 bridgehead atoms. The fourth-order valence-electron chi connectivity index (χ4n) is 3.03. The first kappa shape index (κ1) is 20.5. The largest absolute Gasteiger partial charge is 0.481 e. The van der Waals surface area contributed by atoms with Crippen LogP contribution in [0.4, 0.5) is 8.78 Å². The van der Waals surface area contributed by atoms with Gasteiger partial charge in [0.25, 0.3) is 5.91 Å². The summed E-state index contributed by atoms with van der Waals surface area (Å²) in [6.45, 7) is 6.37. The molecular weight excluding hydrogens is 376 g/mol. The predicted molar refractivity (Wildman–Crippen MR) is 106 cm³/mol. The second kappa shape index (κ2) is 8.86. The van der Waals surface area contributed by atoms with E-state index >= 15 is 0 Å². The molecule has 0 fully saturated rings. The minimum atomic E-state index is -1.02. The number of aromatic nitrogens is 2. The molecule has 1 heterocycles. The number of aryl methyl sites for hydroxylation is 1. The van der Waals surface area contributed by atoms with Crippen LogP contribution < -0.4 is 10.1 Å². The molecule has 1 atom stereocenters. The molecule has 0 aliphatic carbocycles. The number of nitrogens with zero attached hydrogens (tertiary/aromatic N) is 2. The van der Waals surface area contributed by atoms with Crippen LogP contribution in [-0.4, -0.2) is 21.8 Å². The van der Waals surface area contributed by atoms with Crippen molar-refractivity contribution in [2.75, 3.05) is 0 Å². The highest BCUT2D eigenvalue weighted by Crippen LogP contribution is 2.18. The zero-order valence-corrected chi connectivity index (χ0v) is 16.6. The Kier molecular flexibility index (Phi) is 6.26. The van der Waals surface area contributed by atoms with E-state index in [0.29, 0.717) is 13.1 Å². The summed E-state index contributed by atoms with van der Waals surface area (Å²) in [5, 5.41) is 7.39. The number of carbonyl (C=O) groups is 1. The predicted octanol–water partition coefficient (Wildman–Crippen LogP) is 3.91. The van der Waals surface area contributed by atoms with Gasteiger partial charge in [0.1, 0.15) is 5.75 Å². The number of hydrogen-bond acceptors (Lipinski definition) is 3. The van der Waals surface area contributed by atoms with Crippen molar-refractivity contribution in [2.45, 2.75) is 40.0 Å². The van der Waals surface area contributed by atoms with Gasteiger partial charge in [0.05, 0.1) is 12.2 Å². The zero-order valence-electron chi connectivity index (χ0n) is 16.6. The zero-order chi connectivity index (χ0) is 21.0.